The summed E-state index contributed by atoms with van der Waals surface area (Å²) in [6.07, 6.45) is 1.37. The van der Waals surface area contributed by atoms with Gasteiger partial charge in [0.25, 0.3) is 5.91 Å². The SMILES string of the molecule is CC(=O)Nc1ccc(NC(=O)/C(C#N)=C\Nc2ccc(-c3nc4ccc(C)cc4s3)cc2)cc1. The number of nitrogens with one attached hydrogen (secondary N) is 3. The van der Waals surface area contributed by atoms with Gasteiger partial charge in [-0.3, -0.25) is 9.59 Å². The van der Waals surface area contributed by atoms with Crippen molar-refractivity contribution >= 4 is 50.4 Å². The smallest absolute Gasteiger partial charge is 0.267 e. The second-order valence-corrected chi connectivity index (χ2v) is 8.63. The number of rotatable bonds is 6. The Kier molecular flexibility index (Phi) is 6.67. The maximum atomic E-state index is 12.5. The fourth-order valence-electron chi connectivity index (χ4n) is 3.21. The zero-order chi connectivity index (χ0) is 24.1. The normalized spacial score (nSPS) is 11.0. The molecule has 3 N–H and O–H groups in total. The van der Waals surface area contributed by atoms with Crippen LogP contribution < -0.4 is 16.0 Å². The van der Waals surface area contributed by atoms with Crippen molar-refractivity contribution in [1.29, 1.82) is 5.26 Å². The van der Waals surface area contributed by atoms with E-state index in [-0.39, 0.29) is 11.5 Å². The summed E-state index contributed by atoms with van der Waals surface area (Å²) in [5, 5.41) is 18.7. The molecular formula is C26H21N5O2S. The highest BCUT2D eigenvalue weighted by Crippen LogP contribution is 2.31. The van der Waals surface area contributed by atoms with Gasteiger partial charge in [0.05, 0.1) is 10.2 Å². The topological polar surface area (TPSA) is 107 Å². The van der Waals surface area contributed by atoms with E-state index in [9.17, 15) is 14.9 Å². The van der Waals surface area contributed by atoms with E-state index in [2.05, 4.69) is 35.0 Å². The van der Waals surface area contributed by atoms with E-state index < -0.39 is 5.91 Å². The first-order valence-corrected chi connectivity index (χ1v) is 11.3. The van der Waals surface area contributed by atoms with Gasteiger partial charge >= 0.3 is 0 Å². The molecule has 8 heteroatoms. The maximum Gasteiger partial charge on any atom is 0.267 e. The summed E-state index contributed by atoms with van der Waals surface area (Å²) in [6.45, 7) is 3.48. The van der Waals surface area contributed by atoms with E-state index in [1.54, 1.807) is 35.6 Å². The first-order valence-electron chi connectivity index (χ1n) is 10.4. The lowest BCUT2D eigenvalue weighted by Crippen LogP contribution is -2.14. The summed E-state index contributed by atoms with van der Waals surface area (Å²) in [5.74, 6) is -0.718. The van der Waals surface area contributed by atoms with Crippen LogP contribution in [-0.2, 0) is 9.59 Å². The minimum Gasteiger partial charge on any atom is -0.360 e. The second-order valence-electron chi connectivity index (χ2n) is 7.59. The van der Waals surface area contributed by atoms with Crippen LogP contribution >= 0.6 is 11.3 Å². The number of hydrogen-bond acceptors (Lipinski definition) is 6. The largest absolute Gasteiger partial charge is 0.360 e. The highest BCUT2D eigenvalue weighted by atomic mass is 32.1. The number of carbonyl (C=O) groups is 2. The number of nitriles is 1. The molecule has 2 amide bonds. The highest BCUT2D eigenvalue weighted by Gasteiger charge is 2.10. The fraction of sp³-hybridized carbons (Fsp3) is 0.0769. The van der Waals surface area contributed by atoms with Crippen molar-refractivity contribution in [2.24, 2.45) is 0 Å². The van der Waals surface area contributed by atoms with Crippen molar-refractivity contribution in [2.75, 3.05) is 16.0 Å². The van der Waals surface area contributed by atoms with Gasteiger partial charge in [-0.1, -0.05) is 6.07 Å². The van der Waals surface area contributed by atoms with Crippen molar-refractivity contribution < 1.29 is 9.59 Å². The Morgan fingerprint density at radius 3 is 2.24 bits per heavy atom. The lowest BCUT2D eigenvalue weighted by atomic mass is 10.2. The third-order valence-corrected chi connectivity index (χ3v) is 5.95. The average molecular weight is 468 g/mol. The van der Waals surface area contributed by atoms with Gasteiger partial charge in [-0.15, -0.1) is 11.3 Å². The first-order chi connectivity index (χ1) is 16.4. The summed E-state index contributed by atoms with van der Waals surface area (Å²) in [4.78, 5) is 28.2. The standard InChI is InChI=1S/C26H21N5O2S/c1-16-3-12-23-24(13-16)34-26(31-23)18-4-6-20(7-5-18)28-15-19(14-27)25(33)30-22-10-8-21(9-11-22)29-17(2)32/h3-13,15,28H,1-2H3,(H,29,32)(H,30,33)/b19-15-. The van der Waals surface area contributed by atoms with Crippen molar-refractivity contribution in [1.82, 2.24) is 4.98 Å². The summed E-state index contributed by atoms with van der Waals surface area (Å²) >= 11 is 1.64. The Hall–Kier alpha value is -4.48. The zero-order valence-corrected chi connectivity index (χ0v) is 19.4. The summed E-state index contributed by atoms with van der Waals surface area (Å²) in [7, 11) is 0. The molecule has 4 rings (SSSR count). The third-order valence-electron chi connectivity index (χ3n) is 4.89. The van der Waals surface area contributed by atoms with Crippen molar-refractivity contribution in [3.05, 3.63) is 84.1 Å². The van der Waals surface area contributed by atoms with Crippen molar-refractivity contribution in [2.45, 2.75) is 13.8 Å². The molecule has 7 nitrogen and oxygen atoms in total. The van der Waals surface area contributed by atoms with Crippen LogP contribution in [0.2, 0.25) is 0 Å². The molecule has 0 aliphatic carbocycles. The number of aromatic nitrogens is 1. The van der Waals surface area contributed by atoms with Gasteiger partial charge in [-0.25, -0.2) is 4.98 Å². The zero-order valence-electron chi connectivity index (χ0n) is 18.5. The molecule has 0 aliphatic heterocycles. The molecule has 4 aromatic rings. The predicted molar refractivity (Wildman–Crippen MR) is 136 cm³/mol. The number of thiazole rings is 1. The molecule has 0 atom stereocenters. The molecule has 0 saturated heterocycles. The Balaban J connectivity index is 1.41. The maximum absolute atomic E-state index is 12.5. The van der Waals surface area contributed by atoms with Crippen LogP contribution in [0.25, 0.3) is 20.8 Å². The molecule has 0 aliphatic rings. The Bertz CT molecular complexity index is 1430. The summed E-state index contributed by atoms with van der Waals surface area (Å²) < 4.78 is 1.15. The number of amides is 2. The van der Waals surface area contributed by atoms with Crippen LogP contribution in [0.3, 0.4) is 0 Å². The molecule has 34 heavy (non-hydrogen) atoms. The molecule has 0 unspecified atom stereocenters. The molecule has 1 aromatic heterocycles. The Morgan fingerprint density at radius 1 is 0.941 bits per heavy atom. The lowest BCUT2D eigenvalue weighted by molar-refractivity contribution is -0.114. The monoisotopic (exact) mass is 467 g/mol. The van der Waals surface area contributed by atoms with E-state index >= 15 is 0 Å². The highest BCUT2D eigenvalue weighted by molar-refractivity contribution is 7.21. The average Bonchev–Trinajstić information content (AvgIpc) is 3.24. The molecule has 168 valence electrons. The van der Waals surface area contributed by atoms with E-state index in [0.29, 0.717) is 11.4 Å². The van der Waals surface area contributed by atoms with Crippen LogP contribution in [0.4, 0.5) is 17.1 Å². The predicted octanol–water partition coefficient (Wildman–Crippen LogP) is 5.69. The number of anilines is 3. The number of hydrogen-bond donors (Lipinski definition) is 3. The van der Waals surface area contributed by atoms with Gasteiger partial charge < -0.3 is 16.0 Å². The lowest BCUT2D eigenvalue weighted by Gasteiger charge is -2.07. The third kappa shape index (κ3) is 5.46. The number of fused-ring (bicyclic) bond motifs is 1. The molecule has 3 aromatic carbocycles. The first kappa shape index (κ1) is 22.7. The van der Waals surface area contributed by atoms with E-state index in [1.165, 1.54) is 18.7 Å². The number of aryl methyl sites for hydroxylation is 1. The Labute approximate surface area is 200 Å². The van der Waals surface area contributed by atoms with E-state index in [1.807, 2.05) is 36.4 Å². The van der Waals surface area contributed by atoms with Crippen LogP contribution in [0.5, 0.6) is 0 Å². The molecule has 0 spiro atoms. The molecular weight excluding hydrogens is 446 g/mol. The second kappa shape index (κ2) is 9.98. The van der Waals surface area contributed by atoms with Crippen LogP contribution in [0, 0.1) is 18.3 Å². The molecule has 1 heterocycles. The summed E-state index contributed by atoms with van der Waals surface area (Å²) in [5.41, 5.74) is 4.97. The molecule has 0 radical (unpaired) electrons. The fourth-order valence-corrected chi connectivity index (χ4v) is 4.28. The number of benzene rings is 3. The van der Waals surface area contributed by atoms with Crippen LogP contribution in [-0.4, -0.2) is 16.8 Å². The molecule has 0 saturated carbocycles. The van der Waals surface area contributed by atoms with Gasteiger partial charge in [-0.2, -0.15) is 5.26 Å². The quantitative estimate of drug-likeness (QED) is 0.249. The van der Waals surface area contributed by atoms with E-state index in [0.717, 1.165) is 26.5 Å². The van der Waals surface area contributed by atoms with E-state index in [4.69, 9.17) is 4.98 Å². The van der Waals surface area contributed by atoms with Gasteiger partial charge in [-0.05, 0) is 73.2 Å². The van der Waals surface area contributed by atoms with Crippen LogP contribution in [0.1, 0.15) is 12.5 Å². The van der Waals surface area contributed by atoms with Crippen molar-refractivity contribution in [3.8, 4) is 16.6 Å². The van der Waals surface area contributed by atoms with Gasteiger partial charge in [0, 0.05) is 35.7 Å². The van der Waals surface area contributed by atoms with Gasteiger partial charge in [0.15, 0.2) is 0 Å². The van der Waals surface area contributed by atoms with Gasteiger partial charge in [0.2, 0.25) is 5.91 Å². The van der Waals surface area contributed by atoms with Gasteiger partial charge in [0.1, 0.15) is 16.6 Å². The number of carbonyl (C=O) groups excluding carboxylic acids is 2. The van der Waals surface area contributed by atoms with Crippen LogP contribution in [0.15, 0.2) is 78.5 Å². The number of nitrogens with zero attached hydrogens (tertiary/aromatic N) is 2. The Morgan fingerprint density at radius 2 is 1.59 bits per heavy atom. The minimum atomic E-state index is -0.538. The molecule has 0 bridgehead atoms. The summed E-state index contributed by atoms with van der Waals surface area (Å²) in [6, 6.07) is 22.4. The minimum absolute atomic E-state index is 0.0726. The van der Waals surface area contributed by atoms with Crippen molar-refractivity contribution in [3.63, 3.8) is 0 Å². The molecule has 0 fully saturated rings.